The molecule has 0 aromatic heterocycles. The maximum atomic E-state index is 13.5. The number of nitro benzene ring substituents is 2. The van der Waals surface area contributed by atoms with E-state index in [-0.39, 0.29) is 28.4 Å². The van der Waals surface area contributed by atoms with Gasteiger partial charge in [0.15, 0.2) is 0 Å². The zero-order chi connectivity index (χ0) is 31.0. The Hall–Kier alpha value is -6.16. The zero-order valence-electron chi connectivity index (χ0n) is 23.1. The highest BCUT2D eigenvalue weighted by molar-refractivity contribution is 6.07. The second-order valence-electron chi connectivity index (χ2n) is 10.4. The lowest BCUT2D eigenvalue weighted by Gasteiger charge is -2.36. The number of carbonyl (C=O) groups excluding carboxylic acids is 2. The molecule has 44 heavy (non-hydrogen) atoms. The summed E-state index contributed by atoms with van der Waals surface area (Å²) in [6, 6.07) is 22.2. The summed E-state index contributed by atoms with van der Waals surface area (Å²) in [5.74, 6) is -1.80. The van der Waals surface area contributed by atoms with Crippen LogP contribution in [0, 0.1) is 20.2 Å². The lowest BCUT2D eigenvalue weighted by Crippen LogP contribution is -2.24. The molecule has 4 aromatic carbocycles. The van der Waals surface area contributed by atoms with E-state index < -0.39 is 27.6 Å². The van der Waals surface area contributed by atoms with Gasteiger partial charge in [0, 0.05) is 58.6 Å². The molecule has 10 heteroatoms. The molecule has 216 valence electrons. The molecule has 2 aliphatic rings. The van der Waals surface area contributed by atoms with Gasteiger partial charge in [-0.25, -0.2) is 0 Å². The predicted octanol–water partition coefficient (Wildman–Crippen LogP) is 7.27. The number of nitro groups is 2. The van der Waals surface area contributed by atoms with Crippen molar-refractivity contribution >= 4 is 34.6 Å². The number of carbonyl (C=O) groups is 2. The van der Waals surface area contributed by atoms with Crippen molar-refractivity contribution in [2.45, 2.75) is 11.8 Å². The van der Waals surface area contributed by atoms with Crippen LogP contribution in [0.5, 0.6) is 0 Å². The number of nitrogens with one attached hydrogen (secondary N) is 2. The predicted molar refractivity (Wildman–Crippen MR) is 166 cm³/mol. The molecule has 0 saturated heterocycles. The van der Waals surface area contributed by atoms with Crippen LogP contribution in [0.3, 0.4) is 0 Å². The van der Waals surface area contributed by atoms with Crippen molar-refractivity contribution in [3.05, 3.63) is 175 Å². The van der Waals surface area contributed by atoms with Gasteiger partial charge in [-0.3, -0.25) is 29.8 Å². The number of amides is 2. The summed E-state index contributed by atoms with van der Waals surface area (Å²) in [7, 11) is 0. The molecule has 2 aliphatic carbocycles. The first-order chi connectivity index (χ1) is 21.2. The minimum absolute atomic E-state index is 0.114. The van der Waals surface area contributed by atoms with E-state index in [4.69, 9.17) is 0 Å². The van der Waals surface area contributed by atoms with E-state index in [1.165, 1.54) is 48.5 Å². The van der Waals surface area contributed by atoms with E-state index in [9.17, 15) is 29.8 Å². The number of benzene rings is 4. The molecule has 2 N–H and O–H groups in total. The smallest absolute Gasteiger partial charge is 0.270 e. The van der Waals surface area contributed by atoms with Gasteiger partial charge in [-0.05, 0) is 52.1 Å². The second kappa shape index (κ2) is 11.3. The van der Waals surface area contributed by atoms with Crippen molar-refractivity contribution in [3.63, 3.8) is 0 Å². The normalized spacial score (nSPS) is 17.6. The molecule has 0 saturated carbocycles. The van der Waals surface area contributed by atoms with Crippen molar-refractivity contribution in [3.8, 4) is 0 Å². The molecule has 0 radical (unpaired) electrons. The number of hydrogen-bond donors (Lipinski definition) is 2. The summed E-state index contributed by atoms with van der Waals surface area (Å²) in [5.41, 5.74) is 4.91. The largest absolute Gasteiger partial charge is 0.322 e. The number of fused-ring (bicyclic) bond motifs is 3. The Bertz CT molecular complexity index is 1960. The standard InChI is InChI=1S/C34H24N4O6/c1-20-8-2-3-15-27-25-13-4-5-14-26(25)30(20)32-29(36-34(40)22-10-7-12-24(19-22)38(43)44)17-16-28(31(27)32)35-33(39)21-9-6-11-23(18-21)37(41)42/h2-19,27,30H,1H2,(H,35,39)(H,36,40)/b8-2-,15-3-. The Labute approximate surface area is 251 Å². The highest BCUT2D eigenvalue weighted by Crippen LogP contribution is 2.52. The average molecular weight is 585 g/mol. The van der Waals surface area contributed by atoms with E-state index in [1.807, 2.05) is 48.6 Å². The minimum atomic E-state index is -0.562. The monoisotopic (exact) mass is 584 g/mol. The van der Waals surface area contributed by atoms with Crippen molar-refractivity contribution in [1.29, 1.82) is 0 Å². The minimum Gasteiger partial charge on any atom is -0.322 e. The fraction of sp³-hybridized carbons (Fsp3) is 0.0588. The molecule has 2 bridgehead atoms. The Balaban J connectivity index is 1.51. The molecule has 2 atom stereocenters. The third-order valence-corrected chi connectivity index (χ3v) is 7.76. The van der Waals surface area contributed by atoms with E-state index in [0.717, 1.165) is 22.3 Å². The first kappa shape index (κ1) is 28.0. The van der Waals surface area contributed by atoms with Crippen molar-refractivity contribution in [1.82, 2.24) is 0 Å². The highest BCUT2D eigenvalue weighted by Gasteiger charge is 2.37. The SMILES string of the molecule is C=C1/C=C\C=C/C2c3ccccc3C1c1c(NC(=O)c3cccc([N+](=O)[O-])c3)ccc(NC(=O)c3cccc([N+](=O)[O-])c3)c12. The summed E-state index contributed by atoms with van der Waals surface area (Å²) in [6.07, 6.45) is 7.70. The van der Waals surface area contributed by atoms with Crippen LogP contribution in [0.2, 0.25) is 0 Å². The highest BCUT2D eigenvalue weighted by atomic mass is 16.6. The summed E-state index contributed by atoms with van der Waals surface area (Å²) in [4.78, 5) is 48.4. The maximum Gasteiger partial charge on any atom is 0.270 e. The molecule has 0 heterocycles. The van der Waals surface area contributed by atoms with Gasteiger partial charge < -0.3 is 10.6 Å². The van der Waals surface area contributed by atoms with Crippen LogP contribution in [0.15, 0.2) is 121 Å². The Morgan fingerprint density at radius 3 is 1.80 bits per heavy atom. The molecular weight excluding hydrogens is 560 g/mol. The van der Waals surface area contributed by atoms with Crippen LogP contribution >= 0.6 is 0 Å². The van der Waals surface area contributed by atoms with Gasteiger partial charge in [-0.1, -0.05) is 67.3 Å². The maximum absolute atomic E-state index is 13.5. The van der Waals surface area contributed by atoms with Crippen LogP contribution in [0.4, 0.5) is 22.7 Å². The summed E-state index contributed by atoms with van der Waals surface area (Å²) in [5, 5.41) is 28.6. The zero-order valence-corrected chi connectivity index (χ0v) is 23.1. The molecular formula is C34H24N4O6. The van der Waals surface area contributed by atoms with Crippen LogP contribution in [0.25, 0.3) is 0 Å². The molecule has 2 amide bonds. The lowest BCUT2D eigenvalue weighted by atomic mass is 9.69. The van der Waals surface area contributed by atoms with Crippen molar-refractivity contribution < 1.29 is 19.4 Å². The summed E-state index contributed by atoms with van der Waals surface area (Å²) in [6.45, 7) is 4.35. The average Bonchev–Trinajstić information content (AvgIpc) is 3.14. The second-order valence-corrected chi connectivity index (χ2v) is 10.4. The first-order valence-corrected chi connectivity index (χ1v) is 13.6. The summed E-state index contributed by atoms with van der Waals surface area (Å²) >= 11 is 0. The number of allylic oxidation sites excluding steroid dienone is 5. The van der Waals surface area contributed by atoms with Gasteiger partial charge in [0.1, 0.15) is 0 Å². The Morgan fingerprint density at radius 2 is 1.23 bits per heavy atom. The molecule has 0 spiro atoms. The quantitative estimate of drug-likeness (QED) is 0.180. The number of rotatable bonds is 6. The van der Waals surface area contributed by atoms with Gasteiger partial charge in [0.05, 0.1) is 9.85 Å². The third kappa shape index (κ3) is 5.05. The first-order valence-electron chi connectivity index (χ1n) is 13.6. The molecule has 6 rings (SSSR count). The van der Waals surface area contributed by atoms with E-state index in [2.05, 4.69) is 17.2 Å². The van der Waals surface area contributed by atoms with Crippen molar-refractivity contribution in [2.24, 2.45) is 0 Å². The fourth-order valence-corrected chi connectivity index (χ4v) is 5.81. The van der Waals surface area contributed by atoms with Crippen LogP contribution in [-0.2, 0) is 0 Å². The number of nitrogens with zero attached hydrogens (tertiary/aromatic N) is 2. The molecule has 4 aromatic rings. The van der Waals surface area contributed by atoms with Gasteiger partial charge in [-0.15, -0.1) is 0 Å². The molecule has 2 unspecified atom stereocenters. The van der Waals surface area contributed by atoms with Gasteiger partial charge in [0.2, 0.25) is 0 Å². The topological polar surface area (TPSA) is 144 Å². The van der Waals surface area contributed by atoms with E-state index >= 15 is 0 Å². The Morgan fingerprint density at radius 1 is 0.682 bits per heavy atom. The van der Waals surface area contributed by atoms with Crippen LogP contribution in [0.1, 0.15) is 54.8 Å². The van der Waals surface area contributed by atoms with Gasteiger partial charge in [0.25, 0.3) is 23.2 Å². The fourth-order valence-electron chi connectivity index (χ4n) is 5.81. The van der Waals surface area contributed by atoms with Crippen LogP contribution < -0.4 is 10.6 Å². The molecule has 0 fully saturated rings. The molecule has 10 nitrogen and oxygen atoms in total. The van der Waals surface area contributed by atoms with Crippen molar-refractivity contribution in [2.75, 3.05) is 10.6 Å². The Kier molecular flexibility index (Phi) is 7.16. The van der Waals surface area contributed by atoms with Crippen LogP contribution in [-0.4, -0.2) is 21.7 Å². The molecule has 0 aliphatic heterocycles. The van der Waals surface area contributed by atoms with Gasteiger partial charge >= 0.3 is 0 Å². The van der Waals surface area contributed by atoms with E-state index in [1.54, 1.807) is 12.1 Å². The third-order valence-electron chi connectivity index (χ3n) is 7.76. The summed E-state index contributed by atoms with van der Waals surface area (Å²) < 4.78 is 0. The van der Waals surface area contributed by atoms with Gasteiger partial charge in [-0.2, -0.15) is 0 Å². The van der Waals surface area contributed by atoms with E-state index in [0.29, 0.717) is 16.9 Å². The number of anilines is 2. The number of hydrogen-bond acceptors (Lipinski definition) is 6. The lowest BCUT2D eigenvalue weighted by molar-refractivity contribution is -0.385. The number of non-ortho nitro benzene ring substituents is 2.